The summed E-state index contributed by atoms with van der Waals surface area (Å²) in [7, 11) is 2.03. The number of rotatable bonds is 5. The van der Waals surface area contributed by atoms with Crippen molar-refractivity contribution in [3.63, 3.8) is 0 Å². The van der Waals surface area contributed by atoms with Crippen LogP contribution >= 0.6 is 22.9 Å². The lowest BCUT2D eigenvalue weighted by Gasteiger charge is -2.12. The Hall–Kier alpha value is -1.69. The Kier molecular flexibility index (Phi) is 4.34. The third kappa shape index (κ3) is 3.69. The molecule has 0 saturated carbocycles. The number of hydrogen-bond acceptors (Lipinski definition) is 5. The van der Waals surface area contributed by atoms with Gasteiger partial charge in [0, 0.05) is 17.1 Å². The Morgan fingerprint density at radius 1 is 1.29 bits per heavy atom. The van der Waals surface area contributed by atoms with Gasteiger partial charge in [0.05, 0.1) is 6.54 Å². The molecule has 0 fully saturated rings. The number of nitrogens with zero attached hydrogens (tertiary/aromatic N) is 3. The van der Waals surface area contributed by atoms with Crippen LogP contribution in [0.3, 0.4) is 0 Å². The molecule has 0 spiro atoms. The lowest BCUT2D eigenvalue weighted by molar-refractivity contribution is 0.261. The van der Waals surface area contributed by atoms with Crippen LogP contribution in [-0.2, 0) is 13.1 Å². The zero-order valence-electron chi connectivity index (χ0n) is 11.5. The standard InChI is InChI=1S/C15H14ClN3OS/c1-19(8-11-5-6-21-10-11)9-14-17-15(18-20-14)12-3-2-4-13(16)7-12/h2-7,10H,8-9H2,1H3. The van der Waals surface area contributed by atoms with Gasteiger partial charge >= 0.3 is 0 Å². The zero-order valence-corrected chi connectivity index (χ0v) is 13.1. The van der Waals surface area contributed by atoms with Crippen LogP contribution < -0.4 is 0 Å². The summed E-state index contributed by atoms with van der Waals surface area (Å²) in [5, 5.41) is 8.89. The summed E-state index contributed by atoms with van der Waals surface area (Å²) >= 11 is 7.67. The third-order valence-corrected chi connectivity index (χ3v) is 3.96. The average Bonchev–Trinajstić information content (AvgIpc) is 3.10. The molecule has 0 radical (unpaired) electrons. The van der Waals surface area contributed by atoms with Crippen LogP contribution in [0.5, 0.6) is 0 Å². The van der Waals surface area contributed by atoms with Gasteiger partial charge in [-0.05, 0) is 41.6 Å². The minimum Gasteiger partial charge on any atom is -0.338 e. The van der Waals surface area contributed by atoms with Gasteiger partial charge in [-0.25, -0.2) is 0 Å². The van der Waals surface area contributed by atoms with Crippen molar-refractivity contribution in [3.05, 3.63) is 57.6 Å². The van der Waals surface area contributed by atoms with E-state index in [1.807, 2.05) is 31.3 Å². The molecule has 0 amide bonds. The topological polar surface area (TPSA) is 42.2 Å². The molecular formula is C15H14ClN3OS. The van der Waals surface area contributed by atoms with Crippen molar-refractivity contribution in [2.75, 3.05) is 7.05 Å². The monoisotopic (exact) mass is 319 g/mol. The van der Waals surface area contributed by atoms with Crippen molar-refractivity contribution in [1.29, 1.82) is 0 Å². The second-order valence-electron chi connectivity index (χ2n) is 4.83. The third-order valence-electron chi connectivity index (χ3n) is 2.99. The maximum Gasteiger partial charge on any atom is 0.241 e. The molecule has 0 aliphatic rings. The van der Waals surface area contributed by atoms with Crippen molar-refractivity contribution in [3.8, 4) is 11.4 Å². The Morgan fingerprint density at radius 2 is 2.19 bits per heavy atom. The summed E-state index contributed by atoms with van der Waals surface area (Å²) in [6, 6.07) is 9.55. The molecule has 3 aromatic rings. The molecular weight excluding hydrogens is 306 g/mol. The highest BCUT2D eigenvalue weighted by molar-refractivity contribution is 7.07. The number of hydrogen-bond donors (Lipinski definition) is 0. The zero-order chi connectivity index (χ0) is 14.7. The SMILES string of the molecule is CN(Cc1ccsc1)Cc1nc(-c2cccc(Cl)c2)no1. The summed E-state index contributed by atoms with van der Waals surface area (Å²) in [6.07, 6.45) is 0. The minimum absolute atomic E-state index is 0.566. The van der Waals surface area contributed by atoms with Crippen LogP contribution in [0, 0.1) is 0 Å². The van der Waals surface area contributed by atoms with E-state index >= 15 is 0 Å². The smallest absolute Gasteiger partial charge is 0.241 e. The van der Waals surface area contributed by atoms with Crippen LogP contribution in [0.1, 0.15) is 11.5 Å². The Morgan fingerprint density at radius 3 is 2.95 bits per heavy atom. The molecule has 108 valence electrons. The molecule has 0 unspecified atom stereocenters. The number of aromatic nitrogens is 2. The fourth-order valence-electron chi connectivity index (χ4n) is 2.05. The highest BCUT2D eigenvalue weighted by atomic mass is 35.5. The van der Waals surface area contributed by atoms with Crippen molar-refractivity contribution in [1.82, 2.24) is 15.0 Å². The molecule has 2 heterocycles. The van der Waals surface area contributed by atoms with Crippen LogP contribution in [0.25, 0.3) is 11.4 Å². The molecule has 0 aliphatic heterocycles. The van der Waals surface area contributed by atoms with E-state index in [9.17, 15) is 0 Å². The fraction of sp³-hybridized carbons (Fsp3) is 0.200. The number of thiophene rings is 1. The first kappa shape index (κ1) is 14.3. The first-order valence-electron chi connectivity index (χ1n) is 6.49. The van der Waals surface area contributed by atoms with Gasteiger partial charge in [-0.2, -0.15) is 16.3 Å². The van der Waals surface area contributed by atoms with E-state index in [1.54, 1.807) is 11.3 Å². The predicted molar refractivity (Wildman–Crippen MR) is 84.2 cm³/mol. The normalized spacial score (nSPS) is 11.2. The number of halogens is 1. The molecule has 0 N–H and O–H groups in total. The largest absolute Gasteiger partial charge is 0.338 e. The molecule has 2 aromatic heterocycles. The highest BCUT2D eigenvalue weighted by Gasteiger charge is 2.11. The lowest BCUT2D eigenvalue weighted by Crippen LogP contribution is -2.16. The molecule has 0 aliphatic carbocycles. The van der Waals surface area contributed by atoms with Gasteiger partial charge in [-0.15, -0.1) is 0 Å². The maximum atomic E-state index is 5.97. The fourth-order valence-corrected chi connectivity index (χ4v) is 2.90. The van der Waals surface area contributed by atoms with E-state index in [0.717, 1.165) is 12.1 Å². The van der Waals surface area contributed by atoms with E-state index in [2.05, 4.69) is 31.9 Å². The van der Waals surface area contributed by atoms with Crippen molar-refractivity contribution in [2.24, 2.45) is 0 Å². The van der Waals surface area contributed by atoms with Gasteiger partial charge in [-0.1, -0.05) is 28.9 Å². The second-order valence-corrected chi connectivity index (χ2v) is 6.04. The van der Waals surface area contributed by atoms with Gasteiger partial charge in [0.2, 0.25) is 11.7 Å². The average molecular weight is 320 g/mol. The van der Waals surface area contributed by atoms with Crippen molar-refractivity contribution < 1.29 is 4.52 Å². The van der Waals surface area contributed by atoms with E-state index in [0.29, 0.717) is 23.3 Å². The van der Waals surface area contributed by atoms with Gasteiger partial charge in [0.25, 0.3) is 0 Å². The quantitative estimate of drug-likeness (QED) is 0.710. The van der Waals surface area contributed by atoms with E-state index in [-0.39, 0.29) is 0 Å². The Labute approximate surface area is 132 Å². The first-order valence-corrected chi connectivity index (χ1v) is 7.81. The lowest BCUT2D eigenvalue weighted by atomic mass is 10.2. The van der Waals surface area contributed by atoms with Crippen LogP contribution in [-0.4, -0.2) is 22.1 Å². The van der Waals surface area contributed by atoms with Crippen LogP contribution in [0.2, 0.25) is 5.02 Å². The summed E-state index contributed by atoms with van der Waals surface area (Å²) in [5.41, 5.74) is 2.15. The molecule has 4 nitrogen and oxygen atoms in total. The molecule has 3 rings (SSSR count). The van der Waals surface area contributed by atoms with Crippen LogP contribution in [0.15, 0.2) is 45.6 Å². The Bertz CT molecular complexity index is 711. The first-order chi connectivity index (χ1) is 10.2. The van der Waals surface area contributed by atoms with Gasteiger partial charge in [-0.3, -0.25) is 4.90 Å². The summed E-state index contributed by atoms with van der Waals surface area (Å²) in [5.74, 6) is 1.17. The predicted octanol–water partition coefficient (Wildman–Crippen LogP) is 4.08. The van der Waals surface area contributed by atoms with Crippen molar-refractivity contribution in [2.45, 2.75) is 13.1 Å². The molecule has 0 bridgehead atoms. The van der Waals surface area contributed by atoms with E-state index in [1.165, 1.54) is 5.56 Å². The molecule has 6 heteroatoms. The second kappa shape index (κ2) is 6.39. The molecule has 21 heavy (non-hydrogen) atoms. The Balaban J connectivity index is 1.67. The van der Waals surface area contributed by atoms with Crippen LogP contribution in [0.4, 0.5) is 0 Å². The van der Waals surface area contributed by atoms with E-state index < -0.39 is 0 Å². The van der Waals surface area contributed by atoms with Gasteiger partial charge in [0.15, 0.2) is 0 Å². The van der Waals surface area contributed by atoms with Gasteiger partial charge < -0.3 is 4.52 Å². The van der Waals surface area contributed by atoms with Crippen molar-refractivity contribution >= 4 is 22.9 Å². The summed E-state index contributed by atoms with van der Waals surface area (Å²) in [4.78, 5) is 6.55. The summed E-state index contributed by atoms with van der Waals surface area (Å²) in [6.45, 7) is 1.47. The maximum absolute atomic E-state index is 5.97. The highest BCUT2D eigenvalue weighted by Crippen LogP contribution is 2.20. The molecule has 1 aromatic carbocycles. The minimum atomic E-state index is 0.566. The molecule has 0 saturated heterocycles. The summed E-state index contributed by atoms with van der Waals surface area (Å²) < 4.78 is 5.31. The van der Waals surface area contributed by atoms with E-state index in [4.69, 9.17) is 16.1 Å². The number of benzene rings is 1. The molecule has 0 atom stereocenters. The van der Waals surface area contributed by atoms with Gasteiger partial charge in [0.1, 0.15) is 0 Å².